The van der Waals surface area contributed by atoms with E-state index in [-0.39, 0.29) is 23.2 Å². The number of hydrogen-bond acceptors (Lipinski definition) is 4. The summed E-state index contributed by atoms with van der Waals surface area (Å²) in [5.74, 6) is -1.45. The molecule has 0 aliphatic heterocycles. The quantitative estimate of drug-likeness (QED) is 0.258. The summed E-state index contributed by atoms with van der Waals surface area (Å²) in [6, 6.07) is 2.74. The maximum Gasteiger partial charge on any atom is 0.275 e. The summed E-state index contributed by atoms with van der Waals surface area (Å²) < 4.78 is 0. The molecule has 0 spiro atoms. The van der Waals surface area contributed by atoms with Gasteiger partial charge in [-0.1, -0.05) is 6.08 Å². The Bertz CT molecular complexity index is 483. The van der Waals surface area contributed by atoms with E-state index in [2.05, 4.69) is 6.58 Å². The molecule has 0 saturated heterocycles. The van der Waals surface area contributed by atoms with Gasteiger partial charge in [-0.15, -0.1) is 6.58 Å². The van der Waals surface area contributed by atoms with E-state index in [4.69, 9.17) is 16.7 Å². The van der Waals surface area contributed by atoms with Crippen molar-refractivity contribution in [3.63, 3.8) is 0 Å². The molecule has 90 valence electrons. The van der Waals surface area contributed by atoms with Crippen molar-refractivity contribution in [2.45, 2.75) is 6.42 Å². The fourth-order valence-corrected chi connectivity index (χ4v) is 1.54. The molecule has 0 aromatic heterocycles. The SMILES string of the molecule is C=CCc1c(C(N)=O)cc(N)cc1C(=O)NO. The molecule has 0 radical (unpaired) electrons. The number of anilines is 1. The van der Waals surface area contributed by atoms with E-state index in [1.165, 1.54) is 23.7 Å². The minimum Gasteiger partial charge on any atom is -0.399 e. The van der Waals surface area contributed by atoms with Crippen LogP contribution in [0.2, 0.25) is 0 Å². The number of carbonyl (C=O) groups excluding carboxylic acids is 2. The maximum atomic E-state index is 11.4. The average Bonchev–Trinajstić information content (AvgIpc) is 2.29. The monoisotopic (exact) mass is 235 g/mol. The molecule has 0 bridgehead atoms. The van der Waals surface area contributed by atoms with Crippen LogP contribution >= 0.6 is 0 Å². The van der Waals surface area contributed by atoms with Crippen molar-refractivity contribution >= 4 is 17.5 Å². The van der Waals surface area contributed by atoms with Gasteiger partial charge < -0.3 is 11.5 Å². The van der Waals surface area contributed by atoms with E-state index in [0.29, 0.717) is 5.56 Å². The van der Waals surface area contributed by atoms with Gasteiger partial charge in [0, 0.05) is 16.8 Å². The van der Waals surface area contributed by atoms with Crippen LogP contribution in [0.25, 0.3) is 0 Å². The Balaban J connectivity index is 3.50. The van der Waals surface area contributed by atoms with Gasteiger partial charge in [0.2, 0.25) is 5.91 Å². The lowest BCUT2D eigenvalue weighted by Gasteiger charge is -2.11. The van der Waals surface area contributed by atoms with Crippen LogP contribution in [0.1, 0.15) is 26.3 Å². The number of nitrogens with two attached hydrogens (primary N) is 2. The molecule has 6 nitrogen and oxygen atoms in total. The molecule has 0 fully saturated rings. The molecule has 0 aliphatic rings. The van der Waals surface area contributed by atoms with E-state index >= 15 is 0 Å². The molecule has 1 rings (SSSR count). The van der Waals surface area contributed by atoms with E-state index in [0.717, 1.165) is 0 Å². The average molecular weight is 235 g/mol. The molecule has 0 atom stereocenters. The first-order valence-electron chi connectivity index (χ1n) is 4.78. The molecule has 0 heterocycles. The molecule has 2 amide bonds. The third-order valence-corrected chi connectivity index (χ3v) is 2.23. The number of amides is 2. The number of hydrogen-bond donors (Lipinski definition) is 4. The molecular formula is C11H13N3O3. The standard InChI is InChI=1S/C11H13N3O3/c1-2-3-7-8(10(13)15)4-6(12)5-9(7)11(16)14-17/h2,4-5,17H,1,3,12H2,(H2,13,15)(H,14,16). The van der Waals surface area contributed by atoms with Crippen molar-refractivity contribution in [1.29, 1.82) is 0 Å². The lowest BCUT2D eigenvalue weighted by molar-refractivity contribution is 0.0705. The van der Waals surface area contributed by atoms with Crippen LogP contribution in [0.3, 0.4) is 0 Å². The highest BCUT2D eigenvalue weighted by Gasteiger charge is 2.17. The van der Waals surface area contributed by atoms with Crippen LogP contribution in [-0.2, 0) is 6.42 Å². The van der Waals surface area contributed by atoms with Crippen molar-refractivity contribution in [2.75, 3.05) is 5.73 Å². The molecular weight excluding hydrogens is 222 g/mol. The van der Waals surface area contributed by atoms with E-state index in [1.54, 1.807) is 0 Å². The Kier molecular flexibility index (Phi) is 3.84. The molecule has 1 aromatic rings. The summed E-state index contributed by atoms with van der Waals surface area (Å²) >= 11 is 0. The lowest BCUT2D eigenvalue weighted by atomic mass is 9.96. The number of primary amides is 1. The molecule has 0 unspecified atom stereocenters. The van der Waals surface area contributed by atoms with Gasteiger partial charge in [-0.05, 0) is 24.1 Å². The van der Waals surface area contributed by atoms with Gasteiger partial charge in [-0.25, -0.2) is 5.48 Å². The van der Waals surface area contributed by atoms with E-state index in [9.17, 15) is 9.59 Å². The molecule has 0 saturated carbocycles. The Hall–Kier alpha value is -2.34. The van der Waals surface area contributed by atoms with Gasteiger partial charge >= 0.3 is 0 Å². The minimum atomic E-state index is -0.753. The Morgan fingerprint density at radius 2 is 2.00 bits per heavy atom. The van der Waals surface area contributed by atoms with Crippen LogP contribution in [0.4, 0.5) is 5.69 Å². The second kappa shape index (κ2) is 5.13. The second-order valence-electron chi connectivity index (χ2n) is 3.39. The summed E-state index contributed by atoms with van der Waals surface area (Å²) in [6.07, 6.45) is 1.79. The topological polar surface area (TPSA) is 118 Å². The first-order valence-corrected chi connectivity index (χ1v) is 4.78. The van der Waals surface area contributed by atoms with Gasteiger partial charge in [-0.2, -0.15) is 0 Å². The van der Waals surface area contributed by atoms with Crippen LogP contribution < -0.4 is 16.9 Å². The minimum absolute atomic E-state index is 0.0983. The van der Waals surface area contributed by atoms with Crippen LogP contribution in [0, 0.1) is 0 Å². The highest BCUT2D eigenvalue weighted by molar-refractivity contribution is 6.02. The number of carbonyl (C=O) groups is 2. The molecule has 0 aliphatic carbocycles. The zero-order valence-electron chi connectivity index (χ0n) is 9.06. The van der Waals surface area contributed by atoms with Gasteiger partial charge in [0.15, 0.2) is 0 Å². The predicted molar refractivity (Wildman–Crippen MR) is 62.5 cm³/mol. The first kappa shape index (κ1) is 12.7. The van der Waals surface area contributed by atoms with Crippen molar-refractivity contribution < 1.29 is 14.8 Å². The Morgan fingerprint density at radius 3 is 2.47 bits per heavy atom. The van der Waals surface area contributed by atoms with Gasteiger partial charge in [0.05, 0.1) is 0 Å². The molecule has 6 heteroatoms. The van der Waals surface area contributed by atoms with Crippen LogP contribution in [0.5, 0.6) is 0 Å². The van der Waals surface area contributed by atoms with Gasteiger partial charge in [-0.3, -0.25) is 14.8 Å². The maximum absolute atomic E-state index is 11.4. The number of nitrogens with one attached hydrogen (secondary N) is 1. The van der Waals surface area contributed by atoms with Crippen LogP contribution in [0.15, 0.2) is 24.8 Å². The largest absolute Gasteiger partial charge is 0.399 e. The third-order valence-electron chi connectivity index (χ3n) is 2.23. The van der Waals surface area contributed by atoms with Crippen molar-refractivity contribution in [1.82, 2.24) is 5.48 Å². The number of allylic oxidation sites excluding steroid dienone is 1. The summed E-state index contributed by atoms with van der Waals surface area (Å²) in [4.78, 5) is 22.7. The third kappa shape index (κ3) is 2.61. The lowest BCUT2D eigenvalue weighted by Crippen LogP contribution is -2.23. The summed E-state index contributed by atoms with van der Waals surface area (Å²) in [7, 11) is 0. The highest BCUT2D eigenvalue weighted by Crippen LogP contribution is 2.20. The smallest absolute Gasteiger partial charge is 0.275 e. The van der Waals surface area contributed by atoms with Crippen molar-refractivity contribution in [3.05, 3.63) is 41.5 Å². The highest BCUT2D eigenvalue weighted by atomic mass is 16.5. The Labute approximate surface area is 97.9 Å². The zero-order valence-corrected chi connectivity index (χ0v) is 9.06. The number of rotatable bonds is 4. The molecule has 6 N–H and O–H groups in total. The van der Waals surface area contributed by atoms with Crippen LogP contribution in [-0.4, -0.2) is 17.0 Å². The fraction of sp³-hybridized carbons (Fsp3) is 0.0909. The fourth-order valence-electron chi connectivity index (χ4n) is 1.54. The number of hydroxylamine groups is 1. The zero-order chi connectivity index (χ0) is 13.0. The van der Waals surface area contributed by atoms with Crippen molar-refractivity contribution in [2.24, 2.45) is 5.73 Å². The first-order chi connectivity index (χ1) is 8.01. The summed E-state index contributed by atoms with van der Waals surface area (Å²) in [6.45, 7) is 3.53. The number of nitrogen functional groups attached to an aromatic ring is 1. The Morgan fingerprint density at radius 1 is 1.41 bits per heavy atom. The number of benzene rings is 1. The van der Waals surface area contributed by atoms with Gasteiger partial charge in [0.25, 0.3) is 5.91 Å². The second-order valence-corrected chi connectivity index (χ2v) is 3.39. The molecule has 1 aromatic carbocycles. The van der Waals surface area contributed by atoms with E-state index < -0.39 is 11.8 Å². The molecule has 17 heavy (non-hydrogen) atoms. The normalized spacial score (nSPS) is 9.71. The summed E-state index contributed by atoms with van der Waals surface area (Å²) in [5, 5.41) is 8.62. The summed E-state index contributed by atoms with van der Waals surface area (Å²) in [5.41, 5.74) is 13.1. The van der Waals surface area contributed by atoms with Gasteiger partial charge in [0.1, 0.15) is 0 Å². The predicted octanol–water partition coefficient (Wildman–Crippen LogP) is 0.215. The van der Waals surface area contributed by atoms with Crippen molar-refractivity contribution in [3.8, 4) is 0 Å². The van der Waals surface area contributed by atoms with E-state index in [1.807, 2.05) is 0 Å².